The molecule has 0 spiro atoms. The zero-order chi connectivity index (χ0) is 20.9. The minimum absolute atomic E-state index is 0.0365. The average Bonchev–Trinajstić information content (AvgIpc) is 3.34. The zero-order valence-corrected chi connectivity index (χ0v) is 16.8. The molecule has 5 rings (SSSR count). The van der Waals surface area contributed by atoms with Crippen molar-refractivity contribution in [3.05, 3.63) is 43.1 Å². The van der Waals surface area contributed by atoms with Gasteiger partial charge in [-0.2, -0.15) is 0 Å². The van der Waals surface area contributed by atoms with Gasteiger partial charge < -0.3 is 19.7 Å². The van der Waals surface area contributed by atoms with Crippen LogP contribution >= 0.6 is 0 Å². The van der Waals surface area contributed by atoms with Crippen molar-refractivity contribution in [1.82, 2.24) is 30.0 Å². The largest absolute Gasteiger partial charge is 0.507 e. The van der Waals surface area contributed by atoms with E-state index >= 15 is 4.39 Å². The van der Waals surface area contributed by atoms with Crippen LogP contribution in [0.25, 0.3) is 16.9 Å². The first-order valence-electron chi connectivity index (χ1n) is 9.97. The lowest BCUT2D eigenvalue weighted by Crippen LogP contribution is -2.63. The van der Waals surface area contributed by atoms with Crippen molar-refractivity contribution in [2.45, 2.75) is 56.5 Å². The van der Waals surface area contributed by atoms with Crippen LogP contribution in [0.3, 0.4) is 0 Å². The molecule has 0 unspecified atom stereocenters. The number of fused-ring (bicyclic) bond motifs is 2. The molecule has 0 aliphatic carbocycles. The molecule has 2 aromatic heterocycles. The number of hydrogen-bond donors (Lipinski definition) is 2. The fourth-order valence-corrected chi connectivity index (χ4v) is 4.66. The van der Waals surface area contributed by atoms with Gasteiger partial charge in [0.2, 0.25) is 0 Å². The van der Waals surface area contributed by atoms with E-state index in [0.29, 0.717) is 17.7 Å². The third-order valence-electron chi connectivity index (χ3n) is 6.23. The smallest absolute Gasteiger partial charge is 0.336 e. The first-order valence-corrected chi connectivity index (χ1v) is 9.97. The maximum atomic E-state index is 15.0. The van der Waals surface area contributed by atoms with E-state index < -0.39 is 17.8 Å². The second kappa shape index (κ2) is 6.73. The molecule has 8 nitrogen and oxygen atoms in total. The highest BCUT2D eigenvalue weighted by atomic mass is 19.1. The molecule has 4 heterocycles. The van der Waals surface area contributed by atoms with Gasteiger partial charge in [-0.25, -0.2) is 14.4 Å². The van der Waals surface area contributed by atoms with Crippen LogP contribution in [0.15, 0.2) is 43.1 Å². The van der Waals surface area contributed by atoms with Crippen molar-refractivity contribution in [1.29, 1.82) is 0 Å². The van der Waals surface area contributed by atoms with E-state index in [2.05, 4.69) is 32.4 Å². The highest BCUT2D eigenvalue weighted by molar-refractivity contribution is 5.67. The van der Waals surface area contributed by atoms with Crippen molar-refractivity contribution >= 4 is 0 Å². The summed E-state index contributed by atoms with van der Waals surface area (Å²) in [6.45, 7) is 4.00. The highest BCUT2D eigenvalue weighted by Crippen LogP contribution is 2.44. The number of nitrogens with zero attached hydrogens (tertiary/aromatic N) is 5. The molecule has 2 aliphatic rings. The summed E-state index contributed by atoms with van der Waals surface area (Å²) in [7, 11) is 0. The molecule has 9 heteroatoms. The first-order chi connectivity index (χ1) is 14.4. The lowest BCUT2D eigenvalue weighted by molar-refractivity contribution is -0.0119. The van der Waals surface area contributed by atoms with Gasteiger partial charge in [0.1, 0.15) is 17.5 Å². The summed E-state index contributed by atoms with van der Waals surface area (Å²) in [5.74, 6) is 0.0468. The van der Waals surface area contributed by atoms with Crippen LogP contribution in [0.5, 0.6) is 11.8 Å². The maximum Gasteiger partial charge on any atom is 0.336 e. The topological polar surface area (TPSA) is 98.0 Å². The standard InChI is InChI=1S/C21H23FN6O2/c1-20-5-6-21(2,27-20)18(22)17(10-20)30-19-24-11-15(25-26-19)14-4-3-13(9-16(14)29)28-8-7-23-12-28/h3-4,7-9,11-12,17-18,27,29H,5-6,10H2,1-2H3/t17-,18+,20-,21+/m0/s1. The maximum absolute atomic E-state index is 15.0. The number of ether oxygens (including phenoxy) is 1. The van der Waals surface area contributed by atoms with Crippen molar-refractivity contribution in [3.8, 4) is 28.7 Å². The predicted molar refractivity (Wildman–Crippen MR) is 107 cm³/mol. The Kier molecular flexibility index (Phi) is 4.25. The average molecular weight is 410 g/mol. The molecule has 4 atom stereocenters. The van der Waals surface area contributed by atoms with Crippen molar-refractivity contribution < 1.29 is 14.2 Å². The van der Waals surface area contributed by atoms with Gasteiger partial charge in [-0.3, -0.25) is 0 Å². The number of rotatable bonds is 4. The molecule has 0 amide bonds. The minimum Gasteiger partial charge on any atom is -0.507 e. The molecule has 0 radical (unpaired) electrons. The lowest BCUT2D eigenvalue weighted by atomic mass is 9.85. The number of piperidine rings is 1. The Morgan fingerprint density at radius 1 is 1.27 bits per heavy atom. The van der Waals surface area contributed by atoms with E-state index in [1.54, 1.807) is 35.4 Å². The molecule has 2 saturated heterocycles. The van der Waals surface area contributed by atoms with Crippen molar-refractivity contribution in [2.24, 2.45) is 0 Å². The number of phenolic OH excluding ortho intramolecular Hbond substituents is 1. The fourth-order valence-electron chi connectivity index (χ4n) is 4.66. The number of nitrogens with one attached hydrogen (secondary N) is 1. The Morgan fingerprint density at radius 3 is 2.83 bits per heavy atom. The second-order valence-corrected chi connectivity index (χ2v) is 8.66. The van der Waals surface area contributed by atoms with Crippen LogP contribution in [-0.2, 0) is 0 Å². The number of imidazole rings is 1. The Bertz CT molecular complexity index is 1060. The summed E-state index contributed by atoms with van der Waals surface area (Å²) in [5, 5.41) is 22.0. The molecule has 2 aliphatic heterocycles. The van der Waals surface area contributed by atoms with Gasteiger partial charge in [-0.1, -0.05) is 5.10 Å². The Balaban J connectivity index is 1.34. The Morgan fingerprint density at radius 2 is 2.13 bits per heavy atom. The van der Waals surface area contributed by atoms with E-state index in [9.17, 15) is 5.11 Å². The molecule has 30 heavy (non-hydrogen) atoms. The van der Waals surface area contributed by atoms with Gasteiger partial charge in [0.15, 0.2) is 6.17 Å². The van der Waals surface area contributed by atoms with Crippen LogP contribution in [0.1, 0.15) is 33.1 Å². The summed E-state index contributed by atoms with van der Waals surface area (Å²) in [6, 6.07) is 5.22. The van der Waals surface area contributed by atoms with Crippen LogP contribution in [0.4, 0.5) is 4.39 Å². The normalized spacial score (nSPS) is 30.4. The fraction of sp³-hybridized carbons (Fsp3) is 0.429. The lowest BCUT2D eigenvalue weighted by Gasteiger charge is -2.43. The van der Waals surface area contributed by atoms with E-state index in [4.69, 9.17) is 4.74 Å². The molecule has 2 bridgehead atoms. The zero-order valence-electron chi connectivity index (χ0n) is 16.8. The Labute approximate surface area is 173 Å². The molecule has 2 N–H and O–H groups in total. The summed E-state index contributed by atoms with van der Waals surface area (Å²) in [5.41, 5.74) is 0.935. The predicted octanol–water partition coefficient (Wildman–Crippen LogP) is 2.82. The van der Waals surface area contributed by atoms with Gasteiger partial charge in [0.25, 0.3) is 0 Å². The summed E-state index contributed by atoms with van der Waals surface area (Å²) >= 11 is 0. The first kappa shape index (κ1) is 18.9. The van der Waals surface area contributed by atoms with Gasteiger partial charge in [-0.15, -0.1) is 5.10 Å². The van der Waals surface area contributed by atoms with Crippen molar-refractivity contribution in [2.75, 3.05) is 0 Å². The number of aromatic nitrogens is 5. The van der Waals surface area contributed by atoms with E-state index in [1.165, 1.54) is 6.20 Å². The quantitative estimate of drug-likeness (QED) is 0.682. The van der Waals surface area contributed by atoms with Crippen LogP contribution in [0, 0.1) is 0 Å². The summed E-state index contributed by atoms with van der Waals surface area (Å²) in [6.07, 6.45) is 7.02. The molecule has 1 aromatic carbocycles. The molecule has 0 saturated carbocycles. The van der Waals surface area contributed by atoms with Gasteiger partial charge in [0, 0.05) is 36.0 Å². The van der Waals surface area contributed by atoms with Crippen LogP contribution in [0.2, 0.25) is 0 Å². The molecule has 3 aromatic rings. The summed E-state index contributed by atoms with van der Waals surface area (Å²) < 4.78 is 22.6. The van der Waals surface area contributed by atoms with Crippen LogP contribution in [-0.4, -0.2) is 53.2 Å². The summed E-state index contributed by atoms with van der Waals surface area (Å²) in [4.78, 5) is 8.20. The van der Waals surface area contributed by atoms with Gasteiger partial charge >= 0.3 is 6.01 Å². The van der Waals surface area contributed by atoms with E-state index in [0.717, 1.165) is 18.5 Å². The minimum atomic E-state index is -1.16. The molecular weight excluding hydrogens is 387 g/mol. The molecule has 2 fully saturated rings. The molecule has 156 valence electrons. The Hall–Kier alpha value is -3.07. The third kappa shape index (κ3) is 3.19. The molecular formula is C21H23FN6O2. The van der Waals surface area contributed by atoms with Crippen LogP contribution < -0.4 is 10.1 Å². The number of aromatic hydroxyl groups is 1. The van der Waals surface area contributed by atoms with Crippen molar-refractivity contribution in [3.63, 3.8) is 0 Å². The van der Waals surface area contributed by atoms with Gasteiger partial charge in [0.05, 0.1) is 23.8 Å². The van der Waals surface area contributed by atoms with E-state index in [1.807, 2.05) is 13.0 Å². The monoisotopic (exact) mass is 410 g/mol. The van der Waals surface area contributed by atoms with Gasteiger partial charge in [-0.05, 0) is 38.8 Å². The number of hydrogen-bond acceptors (Lipinski definition) is 7. The van der Waals surface area contributed by atoms with E-state index in [-0.39, 0.29) is 17.3 Å². The number of phenols is 1. The highest BCUT2D eigenvalue weighted by Gasteiger charge is 2.56. The third-order valence-corrected chi connectivity index (χ3v) is 6.23. The number of alkyl halides is 1. The SMILES string of the molecule is C[C@@]12CC[C@@](C)(N1)[C@H](F)[C@@H](Oc1ncc(-c3ccc(-n4ccnc4)cc3O)nn1)C2. The number of halogens is 1. The number of benzene rings is 1. The second-order valence-electron chi connectivity index (χ2n) is 8.66.